The maximum atomic E-state index is 4.23. The first-order valence-corrected chi connectivity index (χ1v) is 4.28. The first-order valence-electron chi connectivity index (χ1n) is 3.05. The van der Waals surface area contributed by atoms with Crippen LogP contribution >= 0.6 is 11.9 Å². The summed E-state index contributed by atoms with van der Waals surface area (Å²) in [6.45, 7) is 1.98. The minimum atomic E-state index is 0.924. The molecule has 0 spiro atoms. The summed E-state index contributed by atoms with van der Waals surface area (Å²) >= 11 is 1.55. The van der Waals surface area contributed by atoms with E-state index in [-0.39, 0.29) is 0 Å². The molecule has 0 aliphatic carbocycles. The Morgan fingerprint density at radius 3 is 2.90 bits per heavy atom. The lowest BCUT2D eigenvalue weighted by Crippen LogP contribution is -1.89. The highest BCUT2D eigenvalue weighted by atomic mass is 32.2. The highest BCUT2D eigenvalue weighted by Crippen LogP contribution is 2.06. The third-order valence-corrected chi connectivity index (χ3v) is 1.51. The van der Waals surface area contributed by atoms with Crippen LogP contribution < -0.4 is 4.72 Å². The van der Waals surface area contributed by atoms with Crippen molar-refractivity contribution in [2.24, 2.45) is 0 Å². The molecular weight excluding hydrogens is 144 g/mol. The van der Waals surface area contributed by atoms with Gasteiger partial charge in [0.25, 0.3) is 0 Å². The Morgan fingerprint density at radius 2 is 2.30 bits per heavy atom. The molecule has 0 amide bonds. The van der Waals surface area contributed by atoms with Gasteiger partial charge in [0.1, 0.15) is 5.82 Å². The van der Waals surface area contributed by atoms with Crippen LogP contribution in [-0.2, 0) is 0 Å². The summed E-state index contributed by atoms with van der Waals surface area (Å²) in [6.07, 6.45) is 1.98. The average Bonchev–Trinajstić information content (AvgIpc) is 1.88. The Balaban J connectivity index is 2.75. The second-order valence-corrected chi connectivity index (χ2v) is 2.58. The van der Waals surface area contributed by atoms with E-state index in [0.29, 0.717) is 0 Å². The van der Waals surface area contributed by atoms with Gasteiger partial charge in [0, 0.05) is 11.9 Å². The molecule has 0 unspecified atom stereocenters. The summed E-state index contributed by atoms with van der Waals surface area (Å²) in [5.74, 6) is 0.924. The van der Waals surface area contributed by atoms with Crippen LogP contribution in [0.1, 0.15) is 5.69 Å². The van der Waals surface area contributed by atoms with E-state index in [1.165, 1.54) is 0 Å². The van der Waals surface area contributed by atoms with E-state index in [1.807, 2.05) is 31.4 Å². The molecule has 2 nitrogen and oxygen atoms in total. The van der Waals surface area contributed by atoms with E-state index in [9.17, 15) is 0 Å². The largest absolute Gasteiger partial charge is 0.315 e. The Bertz CT molecular complexity index is 213. The van der Waals surface area contributed by atoms with Gasteiger partial charge in [-0.2, -0.15) is 0 Å². The number of nitrogens with zero attached hydrogens (tertiary/aromatic N) is 1. The van der Waals surface area contributed by atoms with Crippen molar-refractivity contribution in [3.05, 3.63) is 23.9 Å². The first kappa shape index (κ1) is 7.41. The Labute approximate surface area is 65.2 Å². The summed E-state index contributed by atoms with van der Waals surface area (Å²) in [5.41, 5.74) is 1.04. The number of pyridine rings is 1. The maximum absolute atomic E-state index is 4.23. The van der Waals surface area contributed by atoms with E-state index in [2.05, 4.69) is 9.71 Å². The molecule has 1 N–H and O–H groups in total. The second-order valence-electron chi connectivity index (χ2n) is 1.97. The van der Waals surface area contributed by atoms with E-state index >= 15 is 0 Å². The molecule has 1 rings (SSSR count). The van der Waals surface area contributed by atoms with Crippen molar-refractivity contribution in [3.63, 3.8) is 0 Å². The van der Waals surface area contributed by atoms with Crippen molar-refractivity contribution in [2.45, 2.75) is 6.92 Å². The topological polar surface area (TPSA) is 24.9 Å². The van der Waals surface area contributed by atoms with Crippen molar-refractivity contribution in [1.29, 1.82) is 0 Å². The summed E-state index contributed by atoms with van der Waals surface area (Å²) in [4.78, 5) is 4.23. The predicted molar refractivity (Wildman–Crippen MR) is 46.1 cm³/mol. The van der Waals surface area contributed by atoms with Gasteiger partial charge in [-0.15, -0.1) is 0 Å². The smallest absolute Gasteiger partial charge is 0.136 e. The summed E-state index contributed by atoms with van der Waals surface area (Å²) in [5, 5.41) is 0. The van der Waals surface area contributed by atoms with Gasteiger partial charge in [-0.05, 0) is 19.1 Å². The van der Waals surface area contributed by atoms with Crippen LogP contribution in [0.15, 0.2) is 18.2 Å². The molecule has 0 fully saturated rings. The van der Waals surface area contributed by atoms with Gasteiger partial charge in [0.15, 0.2) is 0 Å². The standard InChI is InChI=1S/C7H10N2S/c1-6-4-3-5-7(8-6)9-10-2/h3-5H,1-2H3,(H,8,9). The van der Waals surface area contributed by atoms with Crippen molar-refractivity contribution >= 4 is 17.8 Å². The van der Waals surface area contributed by atoms with Crippen molar-refractivity contribution < 1.29 is 0 Å². The molecule has 1 aromatic heterocycles. The Kier molecular flexibility index (Phi) is 2.57. The highest BCUT2D eigenvalue weighted by molar-refractivity contribution is 7.99. The lowest BCUT2D eigenvalue weighted by Gasteiger charge is -1.99. The molecule has 0 radical (unpaired) electrons. The third-order valence-electron chi connectivity index (χ3n) is 1.09. The third kappa shape index (κ3) is 1.92. The van der Waals surface area contributed by atoms with Crippen molar-refractivity contribution in [1.82, 2.24) is 4.98 Å². The van der Waals surface area contributed by atoms with Gasteiger partial charge >= 0.3 is 0 Å². The molecule has 0 bridgehead atoms. The van der Waals surface area contributed by atoms with Crippen molar-refractivity contribution in [2.75, 3.05) is 11.0 Å². The summed E-state index contributed by atoms with van der Waals surface area (Å²) in [7, 11) is 0. The molecule has 0 aliphatic rings. The number of aryl methyl sites for hydroxylation is 1. The van der Waals surface area contributed by atoms with Crippen LogP contribution in [0, 0.1) is 6.92 Å². The molecule has 0 aromatic carbocycles. The minimum Gasteiger partial charge on any atom is -0.315 e. The zero-order valence-corrected chi connectivity index (χ0v) is 6.90. The molecule has 54 valence electrons. The molecule has 10 heavy (non-hydrogen) atoms. The quantitative estimate of drug-likeness (QED) is 0.660. The zero-order chi connectivity index (χ0) is 7.40. The van der Waals surface area contributed by atoms with Crippen LogP contribution in [0.5, 0.6) is 0 Å². The number of aromatic nitrogens is 1. The first-order chi connectivity index (χ1) is 4.83. The molecular formula is C7H10N2S. The second kappa shape index (κ2) is 3.46. The molecule has 0 saturated heterocycles. The molecule has 0 aliphatic heterocycles. The Hall–Kier alpha value is -0.700. The molecule has 0 atom stereocenters. The van der Waals surface area contributed by atoms with Gasteiger partial charge in [-0.3, -0.25) is 0 Å². The Morgan fingerprint density at radius 1 is 1.50 bits per heavy atom. The fourth-order valence-electron chi connectivity index (χ4n) is 0.704. The van der Waals surface area contributed by atoms with Gasteiger partial charge in [0.2, 0.25) is 0 Å². The van der Waals surface area contributed by atoms with E-state index in [4.69, 9.17) is 0 Å². The number of hydrogen-bond donors (Lipinski definition) is 1. The monoisotopic (exact) mass is 154 g/mol. The van der Waals surface area contributed by atoms with Crippen molar-refractivity contribution in [3.8, 4) is 0 Å². The summed E-state index contributed by atoms with van der Waals surface area (Å²) < 4.78 is 3.05. The van der Waals surface area contributed by atoms with Crippen LogP contribution in [0.25, 0.3) is 0 Å². The predicted octanol–water partition coefficient (Wildman–Crippen LogP) is 2.08. The molecule has 1 heterocycles. The van der Waals surface area contributed by atoms with E-state index in [1.54, 1.807) is 11.9 Å². The van der Waals surface area contributed by atoms with Gasteiger partial charge < -0.3 is 4.72 Å². The van der Waals surface area contributed by atoms with Crippen LogP contribution in [0.4, 0.5) is 5.82 Å². The fraction of sp³-hybridized carbons (Fsp3) is 0.286. The van der Waals surface area contributed by atoms with Gasteiger partial charge in [-0.25, -0.2) is 4.98 Å². The number of anilines is 1. The minimum absolute atomic E-state index is 0.924. The van der Waals surface area contributed by atoms with Gasteiger partial charge in [-0.1, -0.05) is 18.0 Å². The lowest BCUT2D eigenvalue weighted by atomic mass is 10.4. The molecule has 3 heteroatoms. The number of hydrogen-bond acceptors (Lipinski definition) is 3. The average molecular weight is 154 g/mol. The van der Waals surface area contributed by atoms with Crippen LogP contribution in [-0.4, -0.2) is 11.2 Å². The zero-order valence-electron chi connectivity index (χ0n) is 6.09. The fourth-order valence-corrected chi connectivity index (χ4v) is 1.03. The van der Waals surface area contributed by atoms with Crippen LogP contribution in [0.3, 0.4) is 0 Å². The van der Waals surface area contributed by atoms with E-state index < -0.39 is 0 Å². The molecule has 0 saturated carbocycles. The normalized spacial score (nSPS) is 9.40. The van der Waals surface area contributed by atoms with Crippen LogP contribution in [0.2, 0.25) is 0 Å². The molecule has 1 aromatic rings. The lowest BCUT2D eigenvalue weighted by molar-refractivity contribution is 1.21. The SMILES string of the molecule is CSNc1cccc(C)n1. The summed E-state index contributed by atoms with van der Waals surface area (Å²) in [6, 6.07) is 5.91. The maximum Gasteiger partial charge on any atom is 0.136 e. The highest BCUT2D eigenvalue weighted by Gasteiger charge is 1.89. The number of nitrogens with one attached hydrogen (secondary N) is 1. The number of rotatable bonds is 2. The van der Waals surface area contributed by atoms with Gasteiger partial charge in [0.05, 0.1) is 0 Å². The van der Waals surface area contributed by atoms with E-state index in [0.717, 1.165) is 11.5 Å².